The van der Waals surface area contributed by atoms with Gasteiger partial charge in [-0.2, -0.15) is 0 Å². The molecule has 2 unspecified atom stereocenters. The maximum absolute atomic E-state index is 12.3. The first-order valence-electron chi connectivity index (χ1n) is 8.38. The fourth-order valence-corrected chi connectivity index (χ4v) is 3.89. The van der Waals surface area contributed by atoms with Gasteiger partial charge in [-0.05, 0) is 50.8 Å². The van der Waals surface area contributed by atoms with E-state index < -0.39 is 0 Å². The van der Waals surface area contributed by atoms with Crippen molar-refractivity contribution in [1.82, 2.24) is 4.90 Å². The van der Waals surface area contributed by atoms with Crippen molar-refractivity contribution in [2.24, 2.45) is 5.92 Å². The third-order valence-corrected chi connectivity index (χ3v) is 5.36. The third kappa shape index (κ3) is 3.29. The van der Waals surface area contributed by atoms with E-state index in [1.54, 1.807) is 19.1 Å². The molecule has 0 amide bonds. The molecule has 126 valence electrons. The Labute approximate surface area is 136 Å². The molecule has 2 saturated heterocycles. The van der Waals surface area contributed by atoms with Crippen LogP contribution in [0.25, 0.3) is 0 Å². The van der Waals surface area contributed by atoms with E-state index in [9.17, 15) is 15.0 Å². The van der Waals surface area contributed by atoms with Crippen LogP contribution < -0.4 is 0 Å². The number of hydrogen-bond acceptors (Lipinski definition) is 5. The summed E-state index contributed by atoms with van der Waals surface area (Å²) >= 11 is 0. The zero-order chi connectivity index (χ0) is 16.6. The number of para-hydroxylation sites is 1. The Morgan fingerprint density at radius 2 is 1.96 bits per heavy atom. The van der Waals surface area contributed by atoms with Crippen molar-refractivity contribution in [3.8, 4) is 11.5 Å². The first-order chi connectivity index (χ1) is 11.0. The van der Waals surface area contributed by atoms with Gasteiger partial charge in [0.05, 0.1) is 5.92 Å². The Morgan fingerprint density at radius 3 is 2.61 bits per heavy atom. The Bertz CT molecular complexity index is 574. The van der Waals surface area contributed by atoms with E-state index in [-0.39, 0.29) is 29.5 Å². The van der Waals surface area contributed by atoms with Crippen molar-refractivity contribution in [3.05, 3.63) is 23.8 Å². The SMILES string of the molecule is CC(Cc1cccc(O)c1O)C(=O)OC1C[C@H]2CC[C@@H](C1)N2C. The molecule has 2 heterocycles. The second kappa shape index (κ2) is 6.40. The maximum atomic E-state index is 12.3. The van der Waals surface area contributed by atoms with Crippen LogP contribution in [0.4, 0.5) is 0 Å². The third-order valence-electron chi connectivity index (χ3n) is 5.36. The second-order valence-electron chi connectivity index (χ2n) is 6.97. The molecule has 0 aliphatic carbocycles. The first-order valence-corrected chi connectivity index (χ1v) is 8.38. The van der Waals surface area contributed by atoms with Gasteiger partial charge in [0.25, 0.3) is 0 Å². The lowest BCUT2D eigenvalue weighted by atomic mass is 9.98. The molecule has 5 heteroatoms. The van der Waals surface area contributed by atoms with Gasteiger partial charge in [-0.1, -0.05) is 19.1 Å². The van der Waals surface area contributed by atoms with Gasteiger partial charge in [-0.25, -0.2) is 0 Å². The lowest BCUT2D eigenvalue weighted by molar-refractivity contribution is -0.156. The molecule has 5 nitrogen and oxygen atoms in total. The number of piperidine rings is 1. The molecule has 0 saturated carbocycles. The van der Waals surface area contributed by atoms with E-state index in [1.165, 1.54) is 18.9 Å². The molecule has 2 fully saturated rings. The number of carbonyl (C=O) groups excluding carboxylic acids is 1. The normalized spacial score (nSPS) is 28.5. The van der Waals surface area contributed by atoms with Gasteiger partial charge in [0, 0.05) is 12.1 Å². The number of fused-ring (bicyclic) bond motifs is 2. The van der Waals surface area contributed by atoms with Crippen LogP contribution in [0.2, 0.25) is 0 Å². The minimum atomic E-state index is -0.347. The van der Waals surface area contributed by atoms with Crippen LogP contribution in [-0.2, 0) is 16.0 Å². The molecule has 4 atom stereocenters. The fourth-order valence-electron chi connectivity index (χ4n) is 3.89. The number of aromatic hydroxyl groups is 2. The smallest absolute Gasteiger partial charge is 0.309 e. The predicted molar refractivity (Wildman–Crippen MR) is 86.3 cm³/mol. The van der Waals surface area contributed by atoms with Crippen molar-refractivity contribution >= 4 is 5.97 Å². The summed E-state index contributed by atoms with van der Waals surface area (Å²) in [5.41, 5.74) is 0.567. The summed E-state index contributed by atoms with van der Waals surface area (Å²) in [5, 5.41) is 19.4. The van der Waals surface area contributed by atoms with Gasteiger partial charge >= 0.3 is 5.97 Å². The summed E-state index contributed by atoms with van der Waals surface area (Å²) in [6, 6.07) is 5.89. The van der Waals surface area contributed by atoms with Gasteiger partial charge < -0.3 is 19.8 Å². The summed E-state index contributed by atoms with van der Waals surface area (Å²) < 4.78 is 5.71. The Morgan fingerprint density at radius 1 is 1.30 bits per heavy atom. The number of phenols is 2. The van der Waals surface area contributed by atoms with E-state index in [4.69, 9.17) is 4.74 Å². The highest BCUT2D eigenvalue weighted by Gasteiger charge is 2.40. The van der Waals surface area contributed by atoms with Gasteiger partial charge in [0.2, 0.25) is 0 Å². The van der Waals surface area contributed by atoms with Crippen LogP contribution in [0.3, 0.4) is 0 Å². The largest absolute Gasteiger partial charge is 0.504 e. The van der Waals surface area contributed by atoms with Crippen LogP contribution in [0.5, 0.6) is 11.5 Å². The molecular weight excluding hydrogens is 294 g/mol. The van der Waals surface area contributed by atoms with Crippen molar-refractivity contribution < 1.29 is 19.7 Å². The fraction of sp³-hybridized carbons (Fsp3) is 0.611. The van der Waals surface area contributed by atoms with Crippen molar-refractivity contribution in [3.63, 3.8) is 0 Å². The van der Waals surface area contributed by atoms with Gasteiger partial charge in [-0.3, -0.25) is 4.79 Å². The lowest BCUT2D eigenvalue weighted by Crippen LogP contribution is -2.43. The minimum Gasteiger partial charge on any atom is -0.504 e. The van der Waals surface area contributed by atoms with E-state index >= 15 is 0 Å². The standard InChI is InChI=1S/C18H25NO4/c1-11(8-12-4-3-5-16(20)17(12)21)18(22)23-15-9-13-6-7-14(10-15)19(13)2/h3-5,11,13-15,20-21H,6-10H2,1-2H3/t11?,13-,14+,15?. The second-order valence-corrected chi connectivity index (χ2v) is 6.97. The van der Waals surface area contributed by atoms with Crippen molar-refractivity contribution in [1.29, 1.82) is 0 Å². The number of nitrogens with zero attached hydrogens (tertiary/aromatic N) is 1. The van der Waals surface area contributed by atoms with Crippen LogP contribution in [0.1, 0.15) is 38.2 Å². The number of ether oxygens (including phenoxy) is 1. The average Bonchev–Trinajstić information content (AvgIpc) is 2.74. The number of carbonyl (C=O) groups is 1. The van der Waals surface area contributed by atoms with Crippen LogP contribution >= 0.6 is 0 Å². The molecule has 1 aromatic carbocycles. The van der Waals surface area contributed by atoms with Crippen molar-refractivity contribution in [2.45, 2.75) is 57.2 Å². The highest BCUT2D eigenvalue weighted by Crippen LogP contribution is 2.36. The first kappa shape index (κ1) is 16.1. The zero-order valence-electron chi connectivity index (χ0n) is 13.7. The summed E-state index contributed by atoms with van der Waals surface area (Å²) in [6.45, 7) is 1.80. The van der Waals surface area contributed by atoms with Crippen LogP contribution in [0.15, 0.2) is 18.2 Å². The van der Waals surface area contributed by atoms with E-state index in [0.717, 1.165) is 12.8 Å². The zero-order valence-corrected chi connectivity index (χ0v) is 13.7. The summed E-state index contributed by atoms with van der Waals surface area (Å²) in [4.78, 5) is 14.8. The van der Waals surface area contributed by atoms with Gasteiger partial charge in [0.1, 0.15) is 6.10 Å². The van der Waals surface area contributed by atoms with Gasteiger partial charge in [-0.15, -0.1) is 0 Å². The maximum Gasteiger partial charge on any atom is 0.309 e. The number of hydrogen-bond donors (Lipinski definition) is 2. The number of esters is 1. The highest BCUT2D eigenvalue weighted by atomic mass is 16.5. The molecule has 1 aromatic rings. The van der Waals surface area contributed by atoms with E-state index in [0.29, 0.717) is 24.1 Å². The van der Waals surface area contributed by atoms with Gasteiger partial charge in [0.15, 0.2) is 11.5 Å². The summed E-state index contributed by atoms with van der Waals surface area (Å²) in [6.07, 6.45) is 4.60. The van der Waals surface area contributed by atoms with E-state index in [1.807, 2.05) is 0 Å². The number of rotatable bonds is 4. The lowest BCUT2D eigenvalue weighted by Gasteiger charge is -2.36. The molecule has 2 N–H and O–H groups in total. The number of benzene rings is 1. The van der Waals surface area contributed by atoms with E-state index in [2.05, 4.69) is 11.9 Å². The van der Waals surface area contributed by atoms with Crippen LogP contribution in [-0.4, -0.2) is 46.3 Å². The van der Waals surface area contributed by atoms with Crippen LogP contribution in [0, 0.1) is 5.92 Å². The molecule has 2 aliphatic rings. The molecule has 0 aromatic heterocycles. The Kier molecular flexibility index (Phi) is 4.48. The molecule has 0 spiro atoms. The molecule has 23 heavy (non-hydrogen) atoms. The van der Waals surface area contributed by atoms with Crippen molar-refractivity contribution in [2.75, 3.05) is 7.05 Å². The minimum absolute atomic E-state index is 0.0106. The molecule has 2 bridgehead atoms. The topological polar surface area (TPSA) is 70.0 Å². The molecular formula is C18H25NO4. The highest BCUT2D eigenvalue weighted by molar-refractivity contribution is 5.73. The number of phenolic OH excluding ortho intramolecular Hbond substituents is 2. The predicted octanol–water partition coefficient (Wildman–Crippen LogP) is 2.44. The summed E-state index contributed by atoms with van der Waals surface area (Å²) in [7, 11) is 2.16. The Balaban J connectivity index is 1.57. The Hall–Kier alpha value is -1.75. The average molecular weight is 319 g/mol. The molecule has 2 aliphatic heterocycles. The summed E-state index contributed by atoms with van der Waals surface area (Å²) in [5.74, 6) is -0.874. The monoisotopic (exact) mass is 319 g/mol. The quantitative estimate of drug-likeness (QED) is 0.659. The molecule has 0 radical (unpaired) electrons. The molecule has 3 rings (SSSR count).